The molecule has 1 atom stereocenters. The van der Waals surface area contributed by atoms with E-state index in [2.05, 4.69) is 0 Å². The van der Waals surface area contributed by atoms with Crippen molar-refractivity contribution < 1.29 is 9.00 Å². The number of Topliss-reactive ketones (excluding diaryl/α,β-unsaturated/α-hetero) is 1. The monoisotopic (exact) mass is 252 g/mol. The molecule has 2 nitrogen and oxygen atoms in total. The minimum Gasteiger partial charge on any atom is -0.300 e. The number of unbranched alkanes of at least 4 members (excludes halogenated alkanes) is 1. The van der Waals surface area contributed by atoms with E-state index >= 15 is 0 Å². The van der Waals surface area contributed by atoms with Crippen LogP contribution in [0.1, 0.15) is 37.3 Å². The van der Waals surface area contributed by atoms with Crippen LogP contribution in [-0.4, -0.2) is 15.7 Å². The Morgan fingerprint density at radius 2 is 1.94 bits per heavy atom. The van der Waals surface area contributed by atoms with Crippen LogP contribution in [0.5, 0.6) is 0 Å². The van der Waals surface area contributed by atoms with Gasteiger partial charge in [-0.25, -0.2) is 0 Å². The molecule has 1 aromatic carbocycles. The molecule has 1 rings (SSSR count). The summed E-state index contributed by atoms with van der Waals surface area (Å²) in [5, 5.41) is 0. The minimum atomic E-state index is -0.807. The van der Waals surface area contributed by atoms with Gasteiger partial charge >= 0.3 is 0 Å². The lowest BCUT2D eigenvalue weighted by molar-refractivity contribution is -0.117. The van der Waals surface area contributed by atoms with Crippen LogP contribution in [0.25, 0.3) is 0 Å². The Hall–Kier alpha value is -0.960. The Morgan fingerprint density at radius 3 is 2.59 bits per heavy atom. The molecule has 17 heavy (non-hydrogen) atoms. The maximum absolute atomic E-state index is 11.8. The first-order valence-electron chi connectivity index (χ1n) is 5.98. The summed E-state index contributed by atoms with van der Waals surface area (Å²) in [7, 11) is -0.807. The van der Waals surface area contributed by atoms with Crippen molar-refractivity contribution in [2.75, 3.05) is 5.75 Å². The Kier molecular flexibility index (Phi) is 6.12. The van der Waals surface area contributed by atoms with Gasteiger partial charge in [-0.1, -0.05) is 24.3 Å². The summed E-state index contributed by atoms with van der Waals surface area (Å²) in [6.07, 6.45) is 2.34. The third-order valence-electron chi connectivity index (χ3n) is 2.73. The number of carbonyl (C=O) groups is 1. The highest BCUT2D eigenvalue weighted by molar-refractivity contribution is 7.84. The summed E-state index contributed by atoms with van der Waals surface area (Å²) in [6, 6.07) is 8.05. The molecular formula is C14H20O2S. The molecule has 0 radical (unpaired) electrons. The second kappa shape index (κ2) is 7.38. The lowest BCUT2D eigenvalue weighted by Crippen LogP contribution is -2.03. The molecular weight excluding hydrogens is 232 g/mol. The highest BCUT2D eigenvalue weighted by Crippen LogP contribution is 2.10. The third kappa shape index (κ3) is 5.78. The standard InChI is InChI=1S/C14H20O2S/c1-12-7-3-4-9-14(12)11-17(16)10-6-5-8-13(2)15/h3-4,7,9H,5-6,8,10-11H2,1-2H3. The molecule has 0 fully saturated rings. The molecule has 1 aromatic rings. The smallest absolute Gasteiger partial charge is 0.129 e. The summed E-state index contributed by atoms with van der Waals surface area (Å²) < 4.78 is 11.8. The zero-order valence-corrected chi connectivity index (χ0v) is 11.4. The second-order valence-electron chi connectivity index (χ2n) is 4.37. The second-order valence-corrected chi connectivity index (χ2v) is 5.95. The molecule has 0 spiro atoms. The Bertz CT molecular complexity index is 399. The molecule has 0 heterocycles. The van der Waals surface area contributed by atoms with Crippen LogP contribution in [-0.2, 0) is 21.3 Å². The first kappa shape index (κ1) is 14.1. The van der Waals surface area contributed by atoms with Crippen molar-refractivity contribution in [1.29, 1.82) is 0 Å². The maximum atomic E-state index is 11.8. The van der Waals surface area contributed by atoms with Crippen LogP contribution in [0.2, 0.25) is 0 Å². The van der Waals surface area contributed by atoms with Crippen LogP contribution in [0, 0.1) is 6.92 Å². The molecule has 0 N–H and O–H groups in total. The Morgan fingerprint density at radius 1 is 1.24 bits per heavy atom. The van der Waals surface area contributed by atoms with Gasteiger partial charge < -0.3 is 4.79 Å². The van der Waals surface area contributed by atoms with Gasteiger partial charge in [-0.15, -0.1) is 0 Å². The predicted molar refractivity (Wildman–Crippen MR) is 72.4 cm³/mol. The largest absolute Gasteiger partial charge is 0.300 e. The molecule has 0 aromatic heterocycles. The molecule has 0 bridgehead atoms. The van der Waals surface area contributed by atoms with Gasteiger partial charge in [-0.3, -0.25) is 4.21 Å². The lowest BCUT2D eigenvalue weighted by atomic mass is 10.1. The molecule has 0 amide bonds. The van der Waals surface area contributed by atoms with Crippen LogP contribution in [0.15, 0.2) is 24.3 Å². The van der Waals surface area contributed by atoms with E-state index in [1.807, 2.05) is 31.2 Å². The van der Waals surface area contributed by atoms with Crippen molar-refractivity contribution in [2.45, 2.75) is 38.9 Å². The van der Waals surface area contributed by atoms with Gasteiger partial charge in [0.25, 0.3) is 0 Å². The molecule has 0 aliphatic rings. The van der Waals surface area contributed by atoms with Crippen LogP contribution >= 0.6 is 0 Å². The van der Waals surface area contributed by atoms with Gasteiger partial charge in [0.05, 0.1) is 0 Å². The highest BCUT2D eigenvalue weighted by Gasteiger charge is 2.04. The van der Waals surface area contributed by atoms with Crippen molar-refractivity contribution in [1.82, 2.24) is 0 Å². The van der Waals surface area contributed by atoms with E-state index in [9.17, 15) is 9.00 Å². The van der Waals surface area contributed by atoms with E-state index in [-0.39, 0.29) is 5.78 Å². The molecule has 0 aliphatic carbocycles. The van der Waals surface area contributed by atoms with Crippen molar-refractivity contribution >= 4 is 16.6 Å². The van der Waals surface area contributed by atoms with E-state index in [4.69, 9.17) is 0 Å². The summed E-state index contributed by atoms with van der Waals surface area (Å²) in [6.45, 7) is 3.65. The van der Waals surface area contributed by atoms with Gasteiger partial charge in [0.1, 0.15) is 5.78 Å². The first-order chi connectivity index (χ1) is 8.09. The molecule has 1 unspecified atom stereocenters. The van der Waals surface area contributed by atoms with E-state index in [1.54, 1.807) is 6.92 Å². The van der Waals surface area contributed by atoms with Gasteiger partial charge in [-0.05, 0) is 37.8 Å². The normalized spacial score (nSPS) is 12.4. The van der Waals surface area contributed by atoms with Gasteiger partial charge in [0.2, 0.25) is 0 Å². The topological polar surface area (TPSA) is 34.1 Å². The van der Waals surface area contributed by atoms with E-state index in [1.165, 1.54) is 5.56 Å². The van der Waals surface area contributed by atoms with E-state index < -0.39 is 10.8 Å². The number of carbonyl (C=O) groups excluding carboxylic acids is 1. The molecule has 3 heteroatoms. The molecule has 0 saturated carbocycles. The number of hydrogen-bond donors (Lipinski definition) is 0. The fourth-order valence-electron chi connectivity index (χ4n) is 1.65. The lowest BCUT2D eigenvalue weighted by Gasteiger charge is -2.05. The minimum absolute atomic E-state index is 0.217. The quantitative estimate of drug-likeness (QED) is 0.699. The number of ketones is 1. The SMILES string of the molecule is CC(=O)CCCCS(=O)Cc1ccccc1C. The number of aryl methyl sites for hydroxylation is 1. The molecule has 0 saturated heterocycles. The number of hydrogen-bond acceptors (Lipinski definition) is 2. The summed E-state index contributed by atoms with van der Waals surface area (Å²) in [5.74, 6) is 1.55. The predicted octanol–water partition coefficient (Wildman–Crippen LogP) is 3.00. The van der Waals surface area contributed by atoms with Gasteiger partial charge in [-0.2, -0.15) is 0 Å². The van der Waals surface area contributed by atoms with E-state index in [0.29, 0.717) is 17.9 Å². The van der Waals surface area contributed by atoms with Crippen molar-refractivity contribution in [3.8, 4) is 0 Å². The first-order valence-corrected chi connectivity index (χ1v) is 7.47. The maximum Gasteiger partial charge on any atom is 0.129 e. The number of rotatable bonds is 7. The zero-order chi connectivity index (χ0) is 12.7. The van der Waals surface area contributed by atoms with Crippen LogP contribution < -0.4 is 0 Å². The average Bonchev–Trinajstić information content (AvgIpc) is 2.27. The van der Waals surface area contributed by atoms with Gasteiger partial charge in [0.15, 0.2) is 0 Å². The Labute approximate surface area is 106 Å². The molecule has 0 aliphatic heterocycles. The summed E-state index contributed by atoms with van der Waals surface area (Å²) >= 11 is 0. The van der Waals surface area contributed by atoms with Crippen molar-refractivity contribution in [3.63, 3.8) is 0 Å². The number of benzene rings is 1. The molecule has 94 valence electrons. The fourth-order valence-corrected chi connectivity index (χ4v) is 3.00. The average molecular weight is 252 g/mol. The van der Waals surface area contributed by atoms with Crippen LogP contribution in [0.3, 0.4) is 0 Å². The highest BCUT2D eigenvalue weighted by atomic mass is 32.2. The van der Waals surface area contributed by atoms with Crippen LogP contribution in [0.4, 0.5) is 0 Å². The fraction of sp³-hybridized carbons (Fsp3) is 0.500. The summed E-state index contributed by atoms with van der Waals surface area (Å²) in [4.78, 5) is 10.7. The summed E-state index contributed by atoms with van der Waals surface area (Å²) in [5.41, 5.74) is 2.36. The third-order valence-corrected chi connectivity index (χ3v) is 4.11. The van der Waals surface area contributed by atoms with Crippen molar-refractivity contribution in [3.05, 3.63) is 35.4 Å². The van der Waals surface area contributed by atoms with Gasteiger partial charge in [0, 0.05) is 28.7 Å². The van der Waals surface area contributed by atoms with E-state index in [0.717, 1.165) is 18.4 Å². The Balaban J connectivity index is 2.30. The van der Waals surface area contributed by atoms with Crippen molar-refractivity contribution in [2.24, 2.45) is 0 Å². The zero-order valence-electron chi connectivity index (χ0n) is 10.6.